The third-order valence-electron chi connectivity index (χ3n) is 4.12. The average Bonchev–Trinajstić information content (AvgIpc) is 2.37. The molecule has 0 aromatic heterocycles. The molecule has 1 rings (SSSR count). The zero-order valence-corrected chi connectivity index (χ0v) is 12.9. The SMILES string of the molecule is CCNC(CN(C)CCN(C)C)C1CCCCC1. The van der Waals surface area contributed by atoms with Crippen LogP contribution in [0.5, 0.6) is 0 Å². The predicted octanol–water partition coefficient (Wildman–Crippen LogP) is 2.04. The van der Waals surface area contributed by atoms with Crippen LogP contribution in [0.25, 0.3) is 0 Å². The lowest BCUT2D eigenvalue weighted by Crippen LogP contribution is -2.46. The van der Waals surface area contributed by atoms with Crippen LogP contribution in [0.3, 0.4) is 0 Å². The highest BCUT2D eigenvalue weighted by atomic mass is 15.2. The Morgan fingerprint density at radius 1 is 1.06 bits per heavy atom. The highest BCUT2D eigenvalue weighted by Gasteiger charge is 2.23. The number of hydrogen-bond donors (Lipinski definition) is 1. The van der Waals surface area contributed by atoms with E-state index in [0.29, 0.717) is 6.04 Å². The first-order valence-corrected chi connectivity index (χ1v) is 7.70. The quantitative estimate of drug-likeness (QED) is 0.716. The lowest BCUT2D eigenvalue weighted by atomic mass is 9.83. The highest BCUT2D eigenvalue weighted by Crippen LogP contribution is 2.26. The molecule has 3 heteroatoms. The van der Waals surface area contributed by atoms with Gasteiger partial charge in [-0.25, -0.2) is 0 Å². The van der Waals surface area contributed by atoms with Crippen molar-refractivity contribution in [2.45, 2.75) is 45.1 Å². The van der Waals surface area contributed by atoms with E-state index in [1.807, 2.05) is 0 Å². The molecule has 0 aliphatic heterocycles. The molecule has 1 unspecified atom stereocenters. The first-order valence-electron chi connectivity index (χ1n) is 7.70. The van der Waals surface area contributed by atoms with Crippen molar-refractivity contribution >= 4 is 0 Å². The molecule has 1 aliphatic rings. The number of likely N-dealkylation sites (N-methyl/N-ethyl adjacent to an activating group) is 3. The standard InChI is InChI=1S/C15H33N3/c1-5-16-15(14-9-7-6-8-10-14)13-18(4)12-11-17(2)3/h14-16H,5-13H2,1-4H3. The molecule has 0 aromatic carbocycles. The Balaban J connectivity index is 2.35. The van der Waals surface area contributed by atoms with E-state index in [-0.39, 0.29) is 0 Å². The maximum Gasteiger partial charge on any atom is 0.0223 e. The third kappa shape index (κ3) is 6.17. The topological polar surface area (TPSA) is 18.5 Å². The van der Waals surface area contributed by atoms with Gasteiger partial charge in [0.15, 0.2) is 0 Å². The van der Waals surface area contributed by atoms with Crippen molar-refractivity contribution in [3.05, 3.63) is 0 Å². The molecular formula is C15H33N3. The normalized spacial score (nSPS) is 19.7. The maximum atomic E-state index is 3.72. The molecule has 1 saturated carbocycles. The lowest BCUT2D eigenvalue weighted by Gasteiger charge is -2.34. The van der Waals surface area contributed by atoms with E-state index in [9.17, 15) is 0 Å². The smallest absolute Gasteiger partial charge is 0.0223 e. The second-order valence-electron chi connectivity index (χ2n) is 6.13. The van der Waals surface area contributed by atoms with Crippen molar-refractivity contribution < 1.29 is 0 Å². The Hall–Kier alpha value is -0.120. The molecule has 0 bridgehead atoms. The van der Waals surface area contributed by atoms with Gasteiger partial charge in [-0.05, 0) is 46.4 Å². The minimum atomic E-state index is 0.697. The Labute approximate surface area is 114 Å². The fourth-order valence-electron chi connectivity index (χ4n) is 2.98. The Kier molecular flexibility index (Phi) is 7.87. The van der Waals surface area contributed by atoms with Crippen molar-refractivity contribution in [2.24, 2.45) is 5.92 Å². The first kappa shape index (κ1) is 15.9. The molecule has 1 aliphatic carbocycles. The summed E-state index contributed by atoms with van der Waals surface area (Å²) in [6.07, 6.45) is 7.19. The van der Waals surface area contributed by atoms with Crippen LogP contribution < -0.4 is 5.32 Å². The predicted molar refractivity (Wildman–Crippen MR) is 80.1 cm³/mol. The van der Waals surface area contributed by atoms with E-state index in [1.54, 1.807) is 0 Å². The Morgan fingerprint density at radius 3 is 2.28 bits per heavy atom. The van der Waals surface area contributed by atoms with Gasteiger partial charge in [0.05, 0.1) is 0 Å². The van der Waals surface area contributed by atoms with Gasteiger partial charge in [0, 0.05) is 25.7 Å². The van der Waals surface area contributed by atoms with E-state index in [4.69, 9.17) is 0 Å². The molecule has 0 heterocycles. The third-order valence-corrected chi connectivity index (χ3v) is 4.12. The van der Waals surface area contributed by atoms with Crippen molar-refractivity contribution in [3.8, 4) is 0 Å². The summed E-state index contributed by atoms with van der Waals surface area (Å²) in [5.74, 6) is 0.903. The number of rotatable bonds is 8. The zero-order chi connectivity index (χ0) is 13.4. The highest BCUT2D eigenvalue weighted by molar-refractivity contribution is 4.81. The van der Waals surface area contributed by atoms with Gasteiger partial charge in [-0.15, -0.1) is 0 Å². The van der Waals surface area contributed by atoms with Crippen molar-refractivity contribution in [2.75, 3.05) is 47.3 Å². The number of nitrogens with zero attached hydrogens (tertiary/aromatic N) is 2. The van der Waals surface area contributed by atoms with Crippen molar-refractivity contribution in [1.82, 2.24) is 15.1 Å². The van der Waals surface area contributed by atoms with Crippen LogP contribution in [0.15, 0.2) is 0 Å². The number of hydrogen-bond acceptors (Lipinski definition) is 3. The zero-order valence-electron chi connectivity index (χ0n) is 12.9. The Morgan fingerprint density at radius 2 is 1.72 bits per heavy atom. The van der Waals surface area contributed by atoms with E-state index < -0.39 is 0 Å². The molecule has 1 atom stereocenters. The molecule has 0 saturated heterocycles. The summed E-state index contributed by atoms with van der Waals surface area (Å²) < 4.78 is 0. The second kappa shape index (κ2) is 8.89. The van der Waals surface area contributed by atoms with Gasteiger partial charge in [-0.2, -0.15) is 0 Å². The van der Waals surface area contributed by atoms with Gasteiger partial charge in [-0.1, -0.05) is 26.2 Å². The van der Waals surface area contributed by atoms with Gasteiger partial charge in [0.2, 0.25) is 0 Å². The van der Waals surface area contributed by atoms with Gasteiger partial charge in [0.1, 0.15) is 0 Å². The molecule has 1 fully saturated rings. The molecule has 18 heavy (non-hydrogen) atoms. The van der Waals surface area contributed by atoms with Crippen LogP contribution in [0.2, 0.25) is 0 Å². The molecule has 0 aromatic rings. The molecule has 0 spiro atoms. The van der Waals surface area contributed by atoms with Crippen LogP contribution in [-0.4, -0.2) is 63.2 Å². The summed E-state index contributed by atoms with van der Waals surface area (Å²) in [7, 11) is 6.56. The molecule has 1 N–H and O–H groups in total. The van der Waals surface area contributed by atoms with Crippen LogP contribution in [0, 0.1) is 5.92 Å². The summed E-state index contributed by atoms with van der Waals surface area (Å²) in [5, 5.41) is 3.72. The largest absolute Gasteiger partial charge is 0.313 e. The summed E-state index contributed by atoms with van der Waals surface area (Å²) >= 11 is 0. The van der Waals surface area contributed by atoms with E-state index in [2.05, 4.69) is 43.2 Å². The monoisotopic (exact) mass is 255 g/mol. The summed E-state index contributed by atoms with van der Waals surface area (Å²) in [6.45, 7) is 6.85. The summed E-state index contributed by atoms with van der Waals surface area (Å²) in [6, 6.07) is 0.697. The van der Waals surface area contributed by atoms with Gasteiger partial charge >= 0.3 is 0 Å². The minimum Gasteiger partial charge on any atom is -0.313 e. The fourth-order valence-corrected chi connectivity index (χ4v) is 2.98. The van der Waals surface area contributed by atoms with E-state index >= 15 is 0 Å². The second-order valence-corrected chi connectivity index (χ2v) is 6.13. The van der Waals surface area contributed by atoms with Crippen LogP contribution in [0.4, 0.5) is 0 Å². The van der Waals surface area contributed by atoms with Crippen LogP contribution in [-0.2, 0) is 0 Å². The van der Waals surface area contributed by atoms with E-state index in [0.717, 1.165) is 19.0 Å². The molecule has 3 nitrogen and oxygen atoms in total. The molecule has 108 valence electrons. The van der Waals surface area contributed by atoms with Gasteiger partial charge in [0.25, 0.3) is 0 Å². The minimum absolute atomic E-state index is 0.697. The molecular weight excluding hydrogens is 222 g/mol. The number of nitrogens with one attached hydrogen (secondary N) is 1. The van der Waals surface area contributed by atoms with Crippen molar-refractivity contribution in [3.63, 3.8) is 0 Å². The first-order chi connectivity index (χ1) is 8.63. The fraction of sp³-hybridized carbons (Fsp3) is 1.00. The molecule has 0 radical (unpaired) electrons. The van der Waals surface area contributed by atoms with Crippen LogP contribution in [0.1, 0.15) is 39.0 Å². The van der Waals surface area contributed by atoms with Gasteiger partial charge in [-0.3, -0.25) is 0 Å². The van der Waals surface area contributed by atoms with E-state index in [1.165, 1.54) is 45.2 Å². The Bertz CT molecular complexity index is 200. The van der Waals surface area contributed by atoms with Crippen molar-refractivity contribution in [1.29, 1.82) is 0 Å². The van der Waals surface area contributed by atoms with Gasteiger partial charge < -0.3 is 15.1 Å². The molecule has 0 amide bonds. The average molecular weight is 255 g/mol. The summed E-state index contributed by atoms with van der Waals surface area (Å²) in [5.41, 5.74) is 0. The van der Waals surface area contributed by atoms with Crippen LogP contribution >= 0.6 is 0 Å². The maximum absolute atomic E-state index is 3.72. The lowest BCUT2D eigenvalue weighted by molar-refractivity contribution is 0.197. The summed E-state index contributed by atoms with van der Waals surface area (Å²) in [4.78, 5) is 4.75.